The molecule has 202 valence electrons. The number of methoxy groups -OCH3 is 1. The third kappa shape index (κ3) is 6.76. The molecule has 0 aliphatic carbocycles. The number of amides is 1. The number of carbonyl (C=O) groups is 1. The molecule has 1 N–H and O–H groups in total. The molecule has 0 bridgehead atoms. The van der Waals surface area contributed by atoms with Crippen molar-refractivity contribution in [3.63, 3.8) is 0 Å². The number of phenolic OH excluding ortho intramolecular Hbond substituents is 1. The predicted molar refractivity (Wildman–Crippen MR) is 135 cm³/mol. The molecule has 1 aliphatic rings. The summed E-state index contributed by atoms with van der Waals surface area (Å²) in [6.45, 7) is 0.780. The molecule has 0 spiro atoms. The summed E-state index contributed by atoms with van der Waals surface area (Å²) in [5, 5.41) is 10.2. The minimum atomic E-state index is -4.63. The van der Waals surface area contributed by atoms with E-state index in [0.29, 0.717) is 19.0 Å². The number of hydrogen-bond acceptors (Lipinski definition) is 4. The highest BCUT2D eigenvalue weighted by molar-refractivity contribution is 5.80. The number of benzene rings is 3. The van der Waals surface area contributed by atoms with Gasteiger partial charge in [-0.05, 0) is 79.6 Å². The number of piperidine rings is 1. The molecule has 4 rings (SSSR count). The molecule has 1 heterocycles. The van der Waals surface area contributed by atoms with E-state index in [4.69, 9.17) is 9.47 Å². The van der Waals surface area contributed by atoms with E-state index in [1.807, 2.05) is 18.2 Å². The first-order valence-corrected chi connectivity index (χ1v) is 12.4. The fourth-order valence-corrected chi connectivity index (χ4v) is 4.68. The first-order chi connectivity index (χ1) is 18.1. The van der Waals surface area contributed by atoms with E-state index in [1.165, 1.54) is 11.6 Å². The molecule has 1 fully saturated rings. The molecular weight excluding hydrogens is 502 g/mol. The molecule has 38 heavy (non-hydrogen) atoms. The number of likely N-dealkylation sites (tertiary alicyclic amines) is 1. The summed E-state index contributed by atoms with van der Waals surface area (Å²) in [6, 6.07) is 13.8. The zero-order chi connectivity index (χ0) is 27.3. The van der Waals surface area contributed by atoms with E-state index >= 15 is 0 Å². The van der Waals surface area contributed by atoms with Crippen molar-refractivity contribution in [3.8, 4) is 28.4 Å². The van der Waals surface area contributed by atoms with Gasteiger partial charge in [0.05, 0.1) is 12.7 Å². The summed E-state index contributed by atoms with van der Waals surface area (Å²) in [7, 11) is 1.64. The normalized spacial score (nSPS) is 14.4. The number of carbonyl (C=O) groups excluding carboxylic acids is 1. The summed E-state index contributed by atoms with van der Waals surface area (Å²) in [4.78, 5) is 14.5. The third-order valence-corrected chi connectivity index (χ3v) is 6.85. The number of rotatable bonds is 8. The average Bonchev–Trinajstić information content (AvgIpc) is 2.90. The Kier molecular flexibility index (Phi) is 8.44. The van der Waals surface area contributed by atoms with Crippen LogP contribution in [0.4, 0.5) is 17.6 Å². The van der Waals surface area contributed by atoms with E-state index in [0.717, 1.165) is 61.8 Å². The van der Waals surface area contributed by atoms with Gasteiger partial charge in [-0.15, -0.1) is 0 Å². The topological polar surface area (TPSA) is 59.0 Å². The van der Waals surface area contributed by atoms with E-state index in [-0.39, 0.29) is 29.4 Å². The lowest BCUT2D eigenvalue weighted by Gasteiger charge is -2.32. The van der Waals surface area contributed by atoms with Crippen molar-refractivity contribution in [2.75, 3.05) is 26.8 Å². The van der Waals surface area contributed by atoms with Gasteiger partial charge in [0, 0.05) is 30.3 Å². The van der Waals surface area contributed by atoms with Gasteiger partial charge in [-0.3, -0.25) is 4.79 Å². The monoisotopic (exact) mass is 531 g/mol. The highest BCUT2D eigenvalue weighted by Crippen LogP contribution is 2.40. The van der Waals surface area contributed by atoms with Crippen LogP contribution in [0.15, 0.2) is 60.7 Å². The highest BCUT2D eigenvalue weighted by atomic mass is 19.4. The maximum atomic E-state index is 13.5. The Hall–Kier alpha value is -3.75. The van der Waals surface area contributed by atoms with Crippen molar-refractivity contribution >= 4 is 5.91 Å². The molecule has 0 radical (unpaired) electrons. The Labute approximate surface area is 218 Å². The van der Waals surface area contributed by atoms with Crippen molar-refractivity contribution in [1.82, 2.24) is 4.90 Å². The van der Waals surface area contributed by atoms with Crippen molar-refractivity contribution in [1.29, 1.82) is 0 Å². The maximum Gasteiger partial charge on any atom is 0.416 e. The standard InChI is InChI=1S/C29H29F4NO4/c1-37-23-4-2-3-20(15-23)6-5-19-11-13-34(14-12-19)28(36)18-38-27-10-7-21(29(31,32)33)16-25(27)24-9-8-22(30)17-26(24)35/h2-4,7-10,15-17,19,35H,5-6,11-14,18H2,1H3. The van der Waals surface area contributed by atoms with Crippen LogP contribution >= 0.6 is 0 Å². The minimum Gasteiger partial charge on any atom is -0.507 e. The first-order valence-electron chi connectivity index (χ1n) is 12.4. The number of nitrogens with zero attached hydrogens (tertiary/aromatic N) is 1. The molecule has 3 aromatic carbocycles. The van der Waals surface area contributed by atoms with Crippen molar-refractivity contribution in [3.05, 3.63) is 77.6 Å². The molecule has 0 aromatic heterocycles. The fourth-order valence-electron chi connectivity index (χ4n) is 4.68. The highest BCUT2D eigenvalue weighted by Gasteiger charge is 2.32. The van der Waals surface area contributed by atoms with Crippen molar-refractivity contribution in [2.24, 2.45) is 5.92 Å². The fraction of sp³-hybridized carbons (Fsp3) is 0.345. The number of halogens is 4. The van der Waals surface area contributed by atoms with E-state index in [2.05, 4.69) is 6.07 Å². The van der Waals surface area contributed by atoms with Gasteiger partial charge in [0.2, 0.25) is 0 Å². The smallest absolute Gasteiger partial charge is 0.416 e. The van der Waals surface area contributed by atoms with Gasteiger partial charge in [0.1, 0.15) is 23.1 Å². The van der Waals surface area contributed by atoms with Crippen LogP contribution in [-0.2, 0) is 17.4 Å². The minimum absolute atomic E-state index is 0.0126. The van der Waals surface area contributed by atoms with Gasteiger partial charge < -0.3 is 19.5 Å². The second kappa shape index (κ2) is 11.8. The summed E-state index contributed by atoms with van der Waals surface area (Å²) in [5.74, 6) is -0.242. The Morgan fingerprint density at radius 1 is 1.03 bits per heavy atom. The first kappa shape index (κ1) is 27.3. The Morgan fingerprint density at radius 3 is 2.47 bits per heavy atom. The molecule has 1 aliphatic heterocycles. The van der Waals surface area contributed by atoms with Crippen LogP contribution in [0.2, 0.25) is 0 Å². The van der Waals surface area contributed by atoms with Gasteiger partial charge >= 0.3 is 6.18 Å². The zero-order valence-electron chi connectivity index (χ0n) is 20.9. The van der Waals surface area contributed by atoms with Crippen molar-refractivity contribution in [2.45, 2.75) is 31.9 Å². The molecule has 1 saturated heterocycles. The van der Waals surface area contributed by atoms with E-state index < -0.39 is 23.3 Å². The van der Waals surface area contributed by atoms with Crippen LogP contribution in [0.1, 0.15) is 30.4 Å². The Bertz CT molecular complexity index is 1270. The summed E-state index contributed by atoms with van der Waals surface area (Å²) in [6.07, 6.45) is -1.00. The predicted octanol–water partition coefficient (Wildman–Crippen LogP) is 6.48. The molecule has 9 heteroatoms. The lowest BCUT2D eigenvalue weighted by molar-refractivity contribution is -0.138. The van der Waals surface area contributed by atoms with Crippen LogP contribution in [0.25, 0.3) is 11.1 Å². The van der Waals surface area contributed by atoms with E-state index in [1.54, 1.807) is 12.0 Å². The summed E-state index contributed by atoms with van der Waals surface area (Å²) < 4.78 is 64.3. The van der Waals surface area contributed by atoms with E-state index in [9.17, 15) is 27.5 Å². The van der Waals surface area contributed by atoms with Crippen LogP contribution in [0.3, 0.4) is 0 Å². The lowest BCUT2D eigenvalue weighted by atomic mass is 9.90. The molecule has 0 unspecified atom stereocenters. The molecule has 1 amide bonds. The number of aromatic hydroxyl groups is 1. The number of alkyl halides is 3. The number of aryl methyl sites for hydroxylation is 1. The largest absolute Gasteiger partial charge is 0.507 e. The Morgan fingerprint density at radius 2 is 1.79 bits per heavy atom. The molecule has 5 nitrogen and oxygen atoms in total. The number of ether oxygens (including phenoxy) is 2. The van der Waals surface area contributed by atoms with Crippen LogP contribution < -0.4 is 9.47 Å². The molecule has 3 aromatic rings. The van der Waals surface area contributed by atoms with Gasteiger partial charge in [-0.2, -0.15) is 13.2 Å². The maximum absolute atomic E-state index is 13.5. The lowest BCUT2D eigenvalue weighted by Crippen LogP contribution is -2.41. The summed E-state index contributed by atoms with van der Waals surface area (Å²) in [5.41, 5.74) is 0.139. The molecule has 0 saturated carbocycles. The average molecular weight is 532 g/mol. The van der Waals surface area contributed by atoms with Gasteiger partial charge in [-0.1, -0.05) is 12.1 Å². The van der Waals surface area contributed by atoms with Crippen LogP contribution in [0, 0.1) is 11.7 Å². The second-order valence-corrected chi connectivity index (χ2v) is 9.37. The second-order valence-electron chi connectivity index (χ2n) is 9.37. The van der Waals surface area contributed by atoms with Crippen molar-refractivity contribution < 1.29 is 36.9 Å². The molecular formula is C29H29F4NO4. The van der Waals surface area contributed by atoms with Gasteiger partial charge in [0.25, 0.3) is 5.91 Å². The number of hydrogen-bond donors (Lipinski definition) is 1. The third-order valence-electron chi connectivity index (χ3n) is 6.85. The quantitative estimate of drug-likeness (QED) is 0.338. The van der Waals surface area contributed by atoms with Gasteiger partial charge in [-0.25, -0.2) is 4.39 Å². The SMILES string of the molecule is COc1cccc(CCC2CCN(C(=O)COc3ccc(C(F)(F)F)cc3-c3ccc(F)cc3O)CC2)c1. The Balaban J connectivity index is 1.36. The van der Waals surface area contributed by atoms with Crippen LogP contribution in [0.5, 0.6) is 17.2 Å². The van der Waals surface area contributed by atoms with Crippen LogP contribution in [-0.4, -0.2) is 42.7 Å². The van der Waals surface area contributed by atoms with Gasteiger partial charge in [0.15, 0.2) is 6.61 Å². The number of phenols is 1. The summed E-state index contributed by atoms with van der Waals surface area (Å²) >= 11 is 0. The zero-order valence-corrected chi connectivity index (χ0v) is 20.9. The molecule has 0 atom stereocenters.